The van der Waals surface area contributed by atoms with Gasteiger partial charge in [-0.25, -0.2) is 0 Å². The first kappa shape index (κ1) is 18.6. The highest BCUT2D eigenvalue weighted by molar-refractivity contribution is 5.97. The number of ether oxygens (including phenoxy) is 3. The van der Waals surface area contributed by atoms with E-state index in [4.69, 9.17) is 14.2 Å². The van der Waals surface area contributed by atoms with Crippen LogP contribution < -0.4 is 14.2 Å². The summed E-state index contributed by atoms with van der Waals surface area (Å²) in [5, 5.41) is 0. The largest absolute Gasteiger partial charge is 0.493 e. The van der Waals surface area contributed by atoms with Gasteiger partial charge in [-0.3, -0.25) is 4.79 Å². The van der Waals surface area contributed by atoms with Gasteiger partial charge in [-0.2, -0.15) is 0 Å². The van der Waals surface area contributed by atoms with E-state index >= 15 is 0 Å². The van der Waals surface area contributed by atoms with Crippen molar-refractivity contribution in [3.63, 3.8) is 0 Å². The highest BCUT2D eigenvalue weighted by Gasteiger charge is 2.18. The Morgan fingerprint density at radius 3 is 2.04 bits per heavy atom. The van der Waals surface area contributed by atoms with Crippen molar-refractivity contribution in [3.05, 3.63) is 53.1 Å². The van der Waals surface area contributed by atoms with Crippen LogP contribution in [0, 0.1) is 13.8 Å². The molecule has 0 atom stereocenters. The molecule has 0 heterocycles. The summed E-state index contributed by atoms with van der Waals surface area (Å²) in [6, 6.07) is 11.3. The Morgan fingerprint density at radius 1 is 0.920 bits per heavy atom. The van der Waals surface area contributed by atoms with Crippen LogP contribution in [0.4, 0.5) is 0 Å². The highest BCUT2D eigenvalue weighted by Crippen LogP contribution is 2.31. The molecular formula is C20H25NO4. The summed E-state index contributed by atoms with van der Waals surface area (Å²) in [5.74, 6) is 1.70. The predicted molar refractivity (Wildman–Crippen MR) is 97.9 cm³/mol. The third-order valence-corrected chi connectivity index (χ3v) is 3.82. The van der Waals surface area contributed by atoms with E-state index in [1.54, 1.807) is 39.4 Å². The van der Waals surface area contributed by atoms with Gasteiger partial charge in [0.25, 0.3) is 5.91 Å². The Balaban J connectivity index is 2.08. The molecule has 134 valence electrons. The van der Waals surface area contributed by atoms with E-state index in [0.717, 1.165) is 16.9 Å². The molecule has 0 aliphatic rings. The molecule has 0 fully saturated rings. The van der Waals surface area contributed by atoms with Crippen molar-refractivity contribution in [3.8, 4) is 17.2 Å². The zero-order valence-electron chi connectivity index (χ0n) is 15.5. The molecule has 2 aromatic rings. The first-order chi connectivity index (χ1) is 12.0. The van der Waals surface area contributed by atoms with Gasteiger partial charge in [-0.15, -0.1) is 0 Å². The second-order valence-corrected chi connectivity index (χ2v) is 5.95. The maximum absolute atomic E-state index is 12.3. The molecule has 0 aromatic heterocycles. The molecule has 5 heteroatoms. The minimum Gasteiger partial charge on any atom is -0.493 e. The number of benzene rings is 2. The van der Waals surface area contributed by atoms with Crippen LogP contribution in [0.15, 0.2) is 36.4 Å². The Hall–Kier alpha value is -2.69. The monoisotopic (exact) mass is 343 g/mol. The Labute approximate surface area is 149 Å². The molecule has 0 spiro atoms. The van der Waals surface area contributed by atoms with Gasteiger partial charge in [0.15, 0.2) is 11.5 Å². The molecule has 5 nitrogen and oxygen atoms in total. The second kappa shape index (κ2) is 8.42. The topological polar surface area (TPSA) is 48.0 Å². The Morgan fingerprint density at radius 2 is 1.48 bits per heavy atom. The van der Waals surface area contributed by atoms with E-state index in [1.807, 2.05) is 32.0 Å². The molecule has 0 saturated carbocycles. The number of amides is 1. The van der Waals surface area contributed by atoms with Gasteiger partial charge in [-0.05, 0) is 37.1 Å². The van der Waals surface area contributed by atoms with Gasteiger partial charge < -0.3 is 19.1 Å². The first-order valence-electron chi connectivity index (χ1n) is 8.16. The summed E-state index contributed by atoms with van der Waals surface area (Å²) >= 11 is 0. The van der Waals surface area contributed by atoms with Crippen LogP contribution in [-0.4, -0.2) is 45.2 Å². The van der Waals surface area contributed by atoms with Crippen molar-refractivity contribution in [2.75, 3.05) is 34.4 Å². The van der Waals surface area contributed by atoms with Crippen LogP contribution in [0.1, 0.15) is 21.5 Å². The molecule has 25 heavy (non-hydrogen) atoms. The fraction of sp³-hybridized carbons (Fsp3) is 0.350. The third-order valence-electron chi connectivity index (χ3n) is 3.82. The molecule has 0 aliphatic carbocycles. The number of hydrogen-bond donors (Lipinski definition) is 0. The van der Waals surface area contributed by atoms with E-state index in [0.29, 0.717) is 30.3 Å². The fourth-order valence-electron chi connectivity index (χ4n) is 2.55. The van der Waals surface area contributed by atoms with Crippen LogP contribution in [0.25, 0.3) is 0 Å². The van der Waals surface area contributed by atoms with Crippen LogP contribution >= 0.6 is 0 Å². The molecule has 0 unspecified atom stereocenters. The number of rotatable bonds is 7. The molecular weight excluding hydrogens is 318 g/mol. The number of hydrogen-bond acceptors (Lipinski definition) is 4. The predicted octanol–water partition coefficient (Wildman–Crippen LogP) is 3.47. The molecule has 0 saturated heterocycles. The van der Waals surface area contributed by atoms with E-state index in [9.17, 15) is 4.79 Å². The number of carbonyl (C=O) groups is 1. The Kier molecular flexibility index (Phi) is 6.28. The lowest BCUT2D eigenvalue weighted by molar-refractivity contribution is 0.0821. The molecule has 0 radical (unpaired) electrons. The Bertz CT molecular complexity index is 720. The van der Waals surface area contributed by atoms with E-state index in [2.05, 4.69) is 0 Å². The fourth-order valence-corrected chi connectivity index (χ4v) is 2.55. The van der Waals surface area contributed by atoms with Gasteiger partial charge in [0.1, 0.15) is 19.0 Å². The molecule has 2 aromatic carbocycles. The number of nitrogens with zero attached hydrogens (tertiary/aromatic N) is 1. The lowest BCUT2D eigenvalue weighted by Gasteiger charge is -2.18. The van der Waals surface area contributed by atoms with Gasteiger partial charge in [0.05, 0.1) is 12.7 Å². The highest BCUT2D eigenvalue weighted by atomic mass is 16.5. The van der Waals surface area contributed by atoms with Crippen molar-refractivity contribution in [2.45, 2.75) is 13.8 Å². The van der Waals surface area contributed by atoms with Crippen molar-refractivity contribution in [2.24, 2.45) is 0 Å². The summed E-state index contributed by atoms with van der Waals surface area (Å²) in [7, 11) is 4.96. The maximum Gasteiger partial charge on any atom is 0.257 e. The SMILES string of the molecule is COc1cccc(C(=O)N(C)C)c1OCCOc1c(C)cccc1C. The minimum atomic E-state index is -0.135. The number of para-hydroxylation sites is 2. The summed E-state index contributed by atoms with van der Waals surface area (Å²) in [6.07, 6.45) is 0. The lowest BCUT2D eigenvalue weighted by atomic mass is 10.1. The van der Waals surface area contributed by atoms with Crippen LogP contribution in [0.5, 0.6) is 17.2 Å². The third kappa shape index (κ3) is 4.44. The lowest BCUT2D eigenvalue weighted by Crippen LogP contribution is -2.23. The first-order valence-corrected chi connectivity index (χ1v) is 8.16. The van der Waals surface area contributed by atoms with Crippen molar-refractivity contribution < 1.29 is 19.0 Å². The zero-order valence-corrected chi connectivity index (χ0v) is 15.5. The van der Waals surface area contributed by atoms with Gasteiger partial charge in [0.2, 0.25) is 0 Å². The van der Waals surface area contributed by atoms with Crippen LogP contribution in [0.2, 0.25) is 0 Å². The smallest absolute Gasteiger partial charge is 0.257 e. The van der Waals surface area contributed by atoms with E-state index in [1.165, 1.54) is 4.90 Å². The van der Waals surface area contributed by atoms with Gasteiger partial charge in [0, 0.05) is 14.1 Å². The average Bonchev–Trinajstić information content (AvgIpc) is 2.59. The van der Waals surface area contributed by atoms with E-state index < -0.39 is 0 Å². The van der Waals surface area contributed by atoms with Gasteiger partial charge in [-0.1, -0.05) is 24.3 Å². The molecule has 0 N–H and O–H groups in total. The summed E-state index contributed by atoms with van der Waals surface area (Å²) in [5.41, 5.74) is 2.64. The minimum absolute atomic E-state index is 0.135. The maximum atomic E-state index is 12.3. The van der Waals surface area contributed by atoms with E-state index in [-0.39, 0.29) is 5.91 Å². The molecule has 0 bridgehead atoms. The van der Waals surface area contributed by atoms with Crippen LogP contribution in [-0.2, 0) is 0 Å². The number of carbonyl (C=O) groups excluding carboxylic acids is 1. The van der Waals surface area contributed by atoms with Gasteiger partial charge >= 0.3 is 0 Å². The number of methoxy groups -OCH3 is 1. The molecule has 1 amide bonds. The molecule has 0 aliphatic heterocycles. The zero-order chi connectivity index (χ0) is 18.4. The number of aryl methyl sites for hydroxylation is 2. The summed E-state index contributed by atoms with van der Waals surface area (Å²) in [4.78, 5) is 13.8. The van der Waals surface area contributed by atoms with Crippen molar-refractivity contribution in [1.29, 1.82) is 0 Å². The quantitative estimate of drug-likeness (QED) is 0.722. The second-order valence-electron chi connectivity index (χ2n) is 5.95. The molecule has 2 rings (SSSR count). The standard InChI is InChI=1S/C20H25NO4/c1-14-8-6-9-15(2)18(14)24-12-13-25-19-16(20(22)21(3)4)10-7-11-17(19)23-5/h6-11H,12-13H2,1-5H3. The average molecular weight is 343 g/mol. The normalized spacial score (nSPS) is 10.3. The summed E-state index contributed by atoms with van der Waals surface area (Å²) in [6.45, 7) is 4.70. The van der Waals surface area contributed by atoms with Crippen molar-refractivity contribution >= 4 is 5.91 Å². The van der Waals surface area contributed by atoms with Crippen LogP contribution in [0.3, 0.4) is 0 Å². The summed E-state index contributed by atoms with van der Waals surface area (Å²) < 4.78 is 17.0. The van der Waals surface area contributed by atoms with Crippen molar-refractivity contribution in [1.82, 2.24) is 4.90 Å².